The summed E-state index contributed by atoms with van der Waals surface area (Å²) in [5, 5.41) is 0. The topological polar surface area (TPSA) is 35.2 Å². The number of rotatable bonds is 6. The van der Waals surface area contributed by atoms with E-state index in [1.54, 1.807) is 19.2 Å². The van der Waals surface area contributed by atoms with Crippen LogP contribution in [0.2, 0.25) is 0 Å². The number of methoxy groups -OCH3 is 1. The summed E-state index contributed by atoms with van der Waals surface area (Å²) in [5.74, 6) is -0.194. The standard InChI is InChI=1S/C14H22FNO/c1-4-14(5-2,17-3)13(16)10-11-8-6-7-9-12(11)15/h6-9,13H,4-5,10,16H2,1-3H3. The summed E-state index contributed by atoms with van der Waals surface area (Å²) < 4.78 is 19.1. The van der Waals surface area contributed by atoms with Crippen LogP contribution in [0.4, 0.5) is 4.39 Å². The fraction of sp³-hybridized carbons (Fsp3) is 0.571. The van der Waals surface area contributed by atoms with E-state index in [2.05, 4.69) is 0 Å². The van der Waals surface area contributed by atoms with Gasteiger partial charge in [0.2, 0.25) is 0 Å². The fourth-order valence-corrected chi connectivity index (χ4v) is 2.30. The van der Waals surface area contributed by atoms with Crippen molar-refractivity contribution in [3.05, 3.63) is 35.6 Å². The number of ether oxygens (including phenoxy) is 1. The van der Waals surface area contributed by atoms with Crippen LogP contribution in [-0.2, 0) is 11.2 Å². The Morgan fingerprint density at radius 2 is 1.88 bits per heavy atom. The molecule has 17 heavy (non-hydrogen) atoms. The Balaban J connectivity index is 2.84. The highest BCUT2D eigenvalue weighted by Gasteiger charge is 2.33. The first-order chi connectivity index (χ1) is 8.09. The molecule has 0 radical (unpaired) electrons. The SMILES string of the molecule is CCC(CC)(OC)C(N)Cc1ccccc1F. The van der Waals surface area contributed by atoms with Crippen LogP contribution in [0.15, 0.2) is 24.3 Å². The van der Waals surface area contributed by atoms with Crippen molar-refractivity contribution in [2.24, 2.45) is 5.73 Å². The number of halogens is 1. The van der Waals surface area contributed by atoms with Gasteiger partial charge in [-0.25, -0.2) is 4.39 Å². The summed E-state index contributed by atoms with van der Waals surface area (Å²) >= 11 is 0. The molecule has 0 heterocycles. The minimum atomic E-state index is -0.359. The van der Waals surface area contributed by atoms with Crippen molar-refractivity contribution in [3.8, 4) is 0 Å². The molecule has 0 saturated heterocycles. The van der Waals surface area contributed by atoms with E-state index in [4.69, 9.17) is 10.5 Å². The van der Waals surface area contributed by atoms with E-state index >= 15 is 0 Å². The monoisotopic (exact) mass is 239 g/mol. The van der Waals surface area contributed by atoms with Crippen LogP contribution < -0.4 is 5.73 Å². The lowest BCUT2D eigenvalue weighted by Gasteiger charge is -2.36. The van der Waals surface area contributed by atoms with E-state index in [9.17, 15) is 4.39 Å². The normalized spacial score (nSPS) is 13.7. The molecule has 0 saturated carbocycles. The molecule has 0 fully saturated rings. The minimum Gasteiger partial charge on any atom is -0.377 e. The lowest BCUT2D eigenvalue weighted by atomic mass is 9.85. The van der Waals surface area contributed by atoms with Gasteiger partial charge in [0, 0.05) is 13.2 Å². The second kappa shape index (κ2) is 6.12. The van der Waals surface area contributed by atoms with Crippen molar-refractivity contribution in [2.45, 2.75) is 44.8 Å². The highest BCUT2D eigenvalue weighted by atomic mass is 19.1. The highest BCUT2D eigenvalue weighted by Crippen LogP contribution is 2.25. The van der Waals surface area contributed by atoms with Gasteiger partial charge in [-0.15, -0.1) is 0 Å². The molecule has 0 amide bonds. The first-order valence-corrected chi connectivity index (χ1v) is 6.13. The largest absolute Gasteiger partial charge is 0.377 e. The quantitative estimate of drug-likeness (QED) is 0.828. The summed E-state index contributed by atoms with van der Waals surface area (Å²) in [6.45, 7) is 4.10. The molecule has 0 aromatic heterocycles. The summed E-state index contributed by atoms with van der Waals surface area (Å²) in [4.78, 5) is 0. The van der Waals surface area contributed by atoms with E-state index < -0.39 is 0 Å². The van der Waals surface area contributed by atoms with Gasteiger partial charge < -0.3 is 10.5 Å². The Morgan fingerprint density at radius 3 is 2.35 bits per heavy atom. The summed E-state index contributed by atoms with van der Waals surface area (Å²) in [5.41, 5.74) is 6.49. The van der Waals surface area contributed by atoms with Crippen molar-refractivity contribution in [2.75, 3.05) is 7.11 Å². The Labute approximate surface area is 103 Å². The zero-order chi connectivity index (χ0) is 12.9. The molecule has 0 spiro atoms. The maximum atomic E-state index is 13.6. The highest BCUT2D eigenvalue weighted by molar-refractivity contribution is 5.19. The Hall–Kier alpha value is -0.930. The molecule has 0 aliphatic rings. The molecule has 1 aromatic rings. The molecule has 0 aliphatic heterocycles. The average Bonchev–Trinajstić information content (AvgIpc) is 2.35. The van der Waals surface area contributed by atoms with E-state index in [0.717, 1.165) is 12.8 Å². The van der Waals surface area contributed by atoms with Gasteiger partial charge in [0.05, 0.1) is 5.60 Å². The van der Waals surface area contributed by atoms with Crippen molar-refractivity contribution in [1.29, 1.82) is 0 Å². The molecule has 1 aromatic carbocycles. The molecule has 0 aliphatic carbocycles. The van der Waals surface area contributed by atoms with Crippen LogP contribution in [0.25, 0.3) is 0 Å². The fourth-order valence-electron chi connectivity index (χ4n) is 2.30. The van der Waals surface area contributed by atoms with Gasteiger partial charge in [-0.1, -0.05) is 32.0 Å². The zero-order valence-corrected chi connectivity index (χ0v) is 10.9. The van der Waals surface area contributed by atoms with Gasteiger partial charge in [-0.05, 0) is 30.9 Å². The maximum absolute atomic E-state index is 13.6. The average molecular weight is 239 g/mol. The number of hydrogen-bond acceptors (Lipinski definition) is 2. The van der Waals surface area contributed by atoms with Gasteiger partial charge in [-0.3, -0.25) is 0 Å². The van der Waals surface area contributed by atoms with E-state index in [1.165, 1.54) is 6.07 Å². The van der Waals surface area contributed by atoms with Gasteiger partial charge in [-0.2, -0.15) is 0 Å². The molecule has 0 bridgehead atoms. The third-order valence-electron chi connectivity index (χ3n) is 3.68. The van der Waals surface area contributed by atoms with Gasteiger partial charge in [0.15, 0.2) is 0 Å². The van der Waals surface area contributed by atoms with Crippen LogP contribution >= 0.6 is 0 Å². The van der Waals surface area contributed by atoms with Crippen LogP contribution in [-0.4, -0.2) is 18.8 Å². The van der Waals surface area contributed by atoms with Crippen molar-refractivity contribution < 1.29 is 9.13 Å². The van der Waals surface area contributed by atoms with Crippen LogP contribution in [0.5, 0.6) is 0 Å². The molecule has 96 valence electrons. The molecule has 3 heteroatoms. The maximum Gasteiger partial charge on any atom is 0.126 e. The third kappa shape index (κ3) is 3.05. The smallest absolute Gasteiger partial charge is 0.126 e. The van der Waals surface area contributed by atoms with E-state index in [-0.39, 0.29) is 17.5 Å². The molecule has 1 unspecified atom stereocenters. The van der Waals surface area contributed by atoms with E-state index in [0.29, 0.717) is 12.0 Å². The Bertz CT molecular complexity index is 342. The molecule has 1 rings (SSSR count). The van der Waals surface area contributed by atoms with Crippen LogP contribution in [0, 0.1) is 5.82 Å². The number of hydrogen-bond donors (Lipinski definition) is 1. The number of nitrogens with two attached hydrogens (primary N) is 1. The predicted molar refractivity (Wildman–Crippen MR) is 68.4 cm³/mol. The Morgan fingerprint density at radius 1 is 1.29 bits per heavy atom. The zero-order valence-electron chi connectivity index (χ0n) is 10.9. The molecule has 2 N–H and O–H groups in total. The second-order valence-corrected chi connectivity index (χ2v) is 4.38. The third-order valence-corrected chi connectivity index (χ3v) is 3.68. The van der Waals surface area contributed by atoms with Gasteiger partial charge in [0.1, 0.15) is 5.82 Å². The van der Waals surface area contributed by atoms with E-state index in [1.807, 2.05) is 19.9 Å². The summed E-state index contributed by atoms with van der Waals surface area (Å²) in [6.07, 6.45) is 2.16. The van der Waals surface area contributed by atoms with Crippen LogP contribution in [0.1, 0.15) is 32.3 Å². The van der Waals surface area contributed by atoms with Crippen molar-refractivity contribution in [3.63, 3.8) is 0 Å². The summed E-state index contributed by atoms with van der Waals surface area (Å²) in [6, 6.07) is 6.57. The first-order valence-electron chi connectivity index (χ1n) is 6.13. The van der Waals surface area contributed by atoms with Gasteiger partial charge in [0.25, 0.3) is 0 Å². The Kier molecular flexibility index (Phi) is 5.09. The van der Waals surface area contributed by atoms with Gasteiger partial charge >= 0.3 is 0 Å². The minimum absolute atomic E-state index is 0.194. The first kappa shape index (κ1) is 14.1. The molecule has 2 nitrogen and oxygen atoms in total. The summed E-state index contributed by atoms with van der Waals surface area (Å²) in [7, 11) is 1.67. The lowest BCUT2D eigenvalue weighted by molar-refractivity contribution is -0.0375. The van der Waals surface area contributed by atoms with Crippen molar-refractivity contribution >= 4 is 0 Å². The second-order valence-electron chi connectivity index (χ2n) is 4.38. The molecular weight excluding hydrogens is 217 g/mol. The number of benzene rings is 1. The predicted octanol–water partition coefficient (Wildman–Crippen LogP) is 2.90. The lowest BCUT2D eigenvalue weighted by Crippen LogP contribution is -2.50. The van der Waals surface area contributed by atoms with Crippen molar-refractivity contribution in [1.82, 2.24) is 0 Å². The molecule has 1 atom stereocenters. The molecular formula is C14H22FNO. The van der Waals surface area contributed by atoms with Crippen LogP contribution in [0.3, 0.4) is 0 Å².